The number of rotatable bonds is 3. The van der Waals surface area contributed by atoms with E-state index in [1.807, 2.05) is 7.05 Å². The number of benzene rings is 1. The van der Waals surface area contributed by atoms with Crippen LogP contribution in [0.4, 0.5) is 0 Å². The van der Waals surface area contributed by atoms with Crippen LogP contribution >= 0.6 is 12.4 Å². The minimum Gasteiger partial charge on any atom is -0.423 e. The maximum atomic E-state index is 12.8. The molecular formula is C15H19ClN2O4S. The van der Waals surface area contributed by atoms with Crippen LogP contribution < -0.4 is 10.9 Å². The number of hydrogen-bond donors (Lipinski definition) is 1. The Balaban J connectivity index is 0.00000192. The molecule has 1 fully saturated rings. The predicted octanol–water partition coefficient (Wildman–Crippen LogP) is 1.59. The van der Waals surface area contributed by atoms with Crippen molar-refractivity contribution in [2.45, 2.75) is 23.8 Å². The van der Waals surface area contributed by atoms with E-state index in [1.54, 1.807) is 12.1 Å². The summed E-state index contributed by atoms with van der Waals surface area (Å²) in [6.07, 6.45) is 1.82. The zero-order chi connectivity index (χ0) is 15.7. The second kappa shape index (κ2) is 7.00. The fourth-order valence-electron chi connectivity index (χ4n) is 2.76. The fourth-order valence-corrected chi connectivity index (χ4v) is 4.32. The van der Waals surface area contributed by atoms with E-state index in [2.05, 4.69) is 5.32 Å². The zero-order valence-electron chi connectivity index (χ0n) is 12.7. The van der Waals surface area contributed by atoms with Crippen molar-refractivity contribution in [3.63, 3.8) is 0 Å². The summed E-state index contributed by atoms with van der Waals surface area (Å²) in [7, 11) is -1.69. The number of fused-ring (bicyclic) bond motifs is 1. The molecule has 1 unspecified atom stereocenters. The van der Waals surface area contributed by atoms with Crippen LogP contribution in [0.15, 0.2) is 44.4 Å². The molecule has 0 saturated carbocycles. The van der Waals surface area contributed by atoms with Gasteiger partial charge in [0.1, 0.15) is 5.58 Å². The van der Waals surface area contributed by atoms with Gasteiger partial charge in [0, 0.05) is 30.6 Å². The van der Waals surface area contributed by atoms with Crippen LogP contribution in [0.1, 0.15) is 12.8 Å². The van der Waals surface area contributed by atoms with Crippen molar-refractivity contribution < 1.29 is 12.8 Å². The summed E-state index contributed by atoms with van der Waals surface area (Å²) in [6, 6.07) is 7.62. The van der Waals surface area contributed by atoms with Crippen molar-refractivity contribution in [2.24, 2.45) is 0 Å². The molecule has 1 aromatic heterocycles. The molecule has 1 aliphatic rings. The van der Waals surface area contributed by atoms with E-state index >= 15 is 0 Å². The monoisotopic (exact) mass is 358 g/mol. The zero-order valence-corrected chi connectivity index (χ0v) is 14.3. The second-order valence-electron chi connectivity index (χ2n) is 5.44. The quantitative estimate of drug-likeness (QED) is 0.843. The van der Waals surface area contributed by atoms with Gasteiger partial charge in [0.05, 0.1) is 4.90 Å². The summed E-state index contributed by atoms with van der Waals surface area (Å²) in [5.74, 6) is 0. The van der Waals surface area contributed by atoms with E-state index in [9.17, 15) is 13.2 Å². The third-order valence-corrected chi connectivity index (χ3v) is 5.88. The average molecular weight is 359 g/mol. The Kier molecular flexibility index (Phi) is 5.46. The van der Waals surface area contributed by atoms with Crippen LogP contribution in [0.2, 0.25) is 0 Å². The standard InChI is InChI=1S/C15H18N2O4S.ClH/c1-16-12-3-2-8-17(10-12)22(19,20)13-5-6-14-11(9-13)4-7-15(18)21-14;/h4-7,9,12,16H,2-3,8,10H2,1H3;1H. The smallest absolute Gasteiger partial charge is 0.336 e. The van der Waals surface area contributed by atoms with E-state index in [4.69, 9.17) is 4.42 Å². The molecule has 0 aliphatic carbocycles. The van der Waals surface area contributed by atoms with Gasteiger partial charge in [0.15, 0.2) is 0 Å². The van der Waals surface area contributed by atoms with Crippen molar-refractivity contribution in [1.82, 2.24) is 9.62 Å². The Hall–Kier alpha value is -1.41. The third kappa shape index (κ3) is 3.58. The lowest BCUT2D eigenvalue weighted by atomic mass is 10.1. The van der Waals surface area contributed by atoms with Crippen LogP contribution in [-0.4, -0.2) is 38.9 Å². The SMILES string of the molecule is CNC1CCCN(S(=O)(=O)c2ccc3oc(=O)ccc3c2)C1.Cl. The van der Waals surface area contributed by atoms with Gasteiger partial charge in [0.25, 0.3) is 0 Å². The lowest BCUT2D eigenvalue weighted by Crippen LogP contribution is -2.46. The van der Waals surface area contributed by atoms with Crippen LogP contribution in [0.5, 0.6) is 0 Å². The first-order valence-corrected chi connectivity index (χ1v) is 8.66. The summed E-state index contributed by atoms with van der Waals surface area (Å²) in [5.41, 5.74) is -0.0609. The van der Waals surface area contributed by atoms with Crippen molar-refractivity contribution in [1.29, 1.82) is 0 Å². The highest BCUT2D eigenvalue weighted by Crippen LogP contribution is 2.23. The molecule has 1 aromatic carbocycles. The van der Waals surface area contributed by atoms with E-state index in [0.29, 0.717) is 24.1 Å². The molecule has 0 amide bonds. The van der Waals surface area contributed by atoms with Crippen molar-refractivity contribution in [3.05, 3.63) is 40.8 Å². The van der Waals surface area contributed by atoms with Crippen molar-refractivity contribution in [3.8, 4) is 0 Å². The molecule has 2 heterocycles. The minimum absolute atomic E-state index is 0. The largest absolute Gasteiger partial charge is 0.423 e. The van der Waals surface area contributed by atoms with Crippen LogP contribution in [-0.2, 0) is 10.0 Å². The van der Waals surface area contributed by atoms with Gasteiger partial charge in [-0.1, -0.05) is 0 Å². The molecule has 1 saturated heterocycles. The summed E-state index contributed by atoms with van der Waals surface area (Å²) < 4.78 is 32.1. The van der Waals surface area contributed by atoms with Gasteiger partial charge in [-0.05, 0) is 44.2 Å². The Labute approximate surface area is 140 Å². The van der Waals surface area contributed by atoms with Crippen LogP contribution in [0.3, 0.4) is 0 Å². The first-order valence-electron chi connectivity index (χ1n) is 7.22. The Morgan fingerprint density at radius 1 is 1.26 bits per heavy atom. The number of nitrogens with zero attached hydrogens (tertiary/aromatic N) is 1. The normalized spacial score (nSPS) is 19.4. The van der Waals surface area contributed by atoms with E-state index in [-0.39, 0.29) is 23.3 Å². The van der Waals surface area contributed by atoms with Gasteiger partial charge in [-0.3, -0.25) is 0 Å². The molecule has 1 N–H and O–H groups in total. The maximum Gasteiger partial charge on any atom is 0.336 e. The summed E-state index contributed by atoms with van der Waals surface area (Å²) in [6.45, 7) is 1.00. The van der Waals surface area contributed by atoms with E-state index in [1.165, 1.54) is 22.5 Å². The Morgan fingerprint density at radius 2 is 2.04 bits per heavy atom. The van der Waals surface area contributed by atoms with Gasteiger partial charge >= 0.3 is 5.63 Å². The second-order valence-corrected chi connectivity index (χ2v) is 7.38. The fraction of sp³-hybridized carbons (Fsp3) is 0.400. The number of hydrogen-bond acceptors (Lipinski definition) is 5. The molecule has 23 heavy (non-hydrogen) atoms. The van der Waals surface area contributed by atoms with Crippen molar-refractivity contribution in [2.75, 3.05) is 20.1 Å². The number of likely N-dealkylation sites (N-methyl/N-ethyl adjacent to an activating group) is 1. The first kappa shape index (κ1) is 17.9. The highest BCUT2D eigenvalue weighted by Gasteiger charge is 2.29. The molecule has 6 nitrogen and oxygen atoms in total. The summed E-state index contributed by atoms with van der Waals surface area (Å²) in [5, 5.41) is 3.74. The molecular weight excluding hydrogens is 340 g/mol. The molecule has 1 aliphatic heterocycles. The van der Waals surface area contributed by atoms with Crippen molar-refractivity contribution >= 4 is 33.4 Å². The topological polar surface area (TPSA) is 79.6 Å². The van der Waals surface area contributed by atoms with Gasteiger partial charge in [-0.15, -0.1) is 12.4 Å². The molecule has 0 radical (unpaired) electrons. The minimum atomic E-state index is -3.53. The molecule has 126 valence electrons. The number of sulfonamides is 1. The molecule has 8 heteroatoms. The molecule has 2 aromatic rings. The molecule has 3 rings (SSSR count). The summed E-state index contributed by atoms with van der Waals surface area (Å²) >= 11 is 0. The molecule has 0 bridgehead atoms. The van der Waals surface area contributed by atoms with Gasteiger partial charge < -0.3 is 9.73 Å². The molecule has 0 spiro atoms. The Morgan fingerprint density at radius 3 is 2.78 bits per heavy atom. The predicted molar refractivity (Wildman–Crippen MR) is 90.6 cm³/mol. The number of piperidine rings is 1. The van der Waals surface area contributed by atoms with Gasteiger partial charge in [0.2, 0.25) is 10.0 Å². The number of nitrogens with one attached hydrogen (secondary N) is 1. The Bertz CT molecular complexity index is 850. The van der Waals surface area contributed by atoms with Crippen LogP contribution in [0, 0.1) is 0 Å². The number of halogens is 1. The van der Waals surface area contributed by atoms with E-state index in [0.717, 1.165) is 12.8 Å². The lowest BCUT2D eigenvalue weighted by molar-refractivity contribution is 0.293. The molecule has 1 atom stereocenters. The average Bonchev–Trinajstić information content (AvgIpc) is 2.54. The summed E-state index contributed by atoms with van der Waals surface area (Å²) in [4.78, 5) is 11.4. The highest BCUT2D eigenvalue weighted by molar-refractivity contribution is 7.89. The van der Waals surface area contributed by atoms with Crippen LogP contribution in [0.25, 0.3) is 11.0 Å². The lowest BCUT2D eigenvalue weighted by Gasteiger charge is -2.31. The third-order valence-electron chi connectivity index (χ3n) is 4.02. The maximum absolute atomic E-state index is 12.8. The van der Waals surface area contributed by atoms with E-state index < -0.39 is 15.6 Å². The first-order chi connectivity index (χ1) is 10.5. The van der Waals surface area contributed by atoms with Gasteiger partial charge in [-0.2, -0.15) is 4.31 Å². The van der Waals surface area contributed by atoms with Gasteiger partial charge in [-0.25, -0.2) is 13.2 Å². The highest BCUT2D eigenvalue weighted by atomic mass is 35.5.